The van der Waals surface area contributed by atoms with Gasteiger partial charge in [-0.25, -0.2) is 4.21 Å². The number of para-hydroxylation sites is 1. The molecule has 2 aromatic rings. The first-order chi connectivity index (χ1) is 9.50. The van der Waals surface area contributed by atoms with Crippen LogP contribution >= 0.6 is 0 Å². The third-order valence-electron chi connectivity index (χ3n) is 3.17. The lowest BCUT2D eigenvalue weighted by Crippen LogP contribution is -2.21. The summed E-state index contributed by atoms with van der Waals surface area (Å²) in [7, 11) is 0.623. The van der Waals surface area contributed by atoms with Crippen LogP contribution in [0.15, 0.2) is 60.0 Å². The van der Waals surface area contributed by atoms with Gasteiger partial charge in [0.05, 0.1) is 10.6 Å². The van der Waals surface area contributed by atoms with Crippen LogP contribution < -0.4 is 4.31 Å². The van der Waals surface area contributed by atoms with Crippen molar-refractivity contribution in [2.75, 3.05) is 11.4 Å². The van der Waals surface area contributed by atoms with Gasteiger partial charge in [-0.05, 0) is 37.6 Å². The molecule has 0 aliphatic heterocycles. The van der Waals surface area contributed by atoms with Crippen molar-refractivity contribution in [1.82, 2.24) is 0 Å². The van der Waals surface area contributed by atoms with E-state index in [1.807, 2.05) is 69.4 Å². The summed E-state index contributed by atoms with van der Waals surface area (Å²) >= 11 is 0. The molecule has 0 heterocycles. The van der Waals surface area contributed by atoms with Gasteiger partial charge in [-0.1, -0.05) is 42.5 Å². The number of nitrogens with zero attached hydrogens (tertiary/aromatic N) is 1. The number of hydrogen-bond acceptors (Lipinski definition) is 1. The normalized spacial score (nSPS) is 11.9. The van der Waals surface area contributed by atoms with Crippen molar-refractivity contribution in [3.63, 3.8) is 0 Å². The third kappa shape index (κ3) is 2.99. The van der Waals surface area contributed by atoms with Gasteiger partial charge in [0.1, 0.15) is 0 Å². The molecule has 0 saturated carbocycles. The fourth-order valence-electron chi connectivity index (χ4n) is 2.01. The first-order valence-electron chi connectivity index (χ1n) is 6.48. The molecule has 0 fully saturated rings. The Morgan fingerprint density at radius 1 is 1.10 bits per heavy atom. The maximum Gasteiger partial charge on any atom is 0.152 e. The van der Waals surface area contributed by atoms with Crippen LogP contribution in [0.25, 0.3) is 5.57 Å². The number of benzene rings is 2. The Morgan fingerprint density at radius 2 is 1.70 bits per heavy atom. The molecule has 0 aromatic heterocycles. The van der Waals surface area contributed by atoms with E-state index in [0.29, 0.717) is 0 Å². The molecule has 0 aliphatic rings. The zero-order valence-corrected chi connectivity index (χ0v) is 12.9. The van der Waals surface area contributed by atoms with Crippen LogP contribution in [-0.2, 0) is 11.0 Å². The van der Waals surface area contributed by atoms with Crippen molar-refractivity contribution in [1.29, 1.82) is 0 Å². The molecule has 0 saturated heterocycles. The highest BCUT2D eigenvalue weighted by Gasteiger charge is 2.14. The van der Waals surface area contributed by atoms with Gasteiger partial charge in [0.25, 0.3) is 0 Å². The quantitative estimate of drug-likeness (QED) is 0.825. The van der Waals surface area contributed by atoms with Crippen molar-refractivity contribution in [3.05, 3.63) is 66.2 Å². The predicted molar refractivity (Wildman–Crippen MR) is 87.1 cm³/mol. The number of aryl methyl sites for hydroxylation is 1. The van der Waals surface area contributed by atoms with Crippen LogP contribution in [0.3, 0.4) is 0 Å². The van der Waals surface area contributed by atoms with Crippen LogP contribution in [-0.4, -0.2) is 11.3 Å². The molecule has 2 rings (SSSR count). The molecular weight excluding hydrogens is 266 g/mol. The molecule has 20 heavy (non-hydrogen) atoms. The molecule has 1 atom stereocenters. The van der Waals surface area contributed by atoms with E-state index in [-0.39, 0.29) is 0 Å². The highest BCUT2D eigenvalue weighted by molar-refractivity contribution is 7.86. The summed E-state index contributed by atoms with van der Waals surface area (Å²) in [6.07, 6.45) is 0. The minimum absolute atomic E-state index is 0.801. The molecule has 0 spiro atoms. The van der Waals surface area contributed by atoms with E-state index in [1.54, 1.807) is 4.31 Å². The van der Waals surface area contributed by atoms with E-state index < -0.39 is 11.0 Å². The van der Waals surface area contributed by atoms with Gasteiger partial charge in [0, 0.05) is 12.6 Å². The van der Waals surface area contributed by atoms with E-state index in [2.05, 4.69) is 6.58 Å². The Kier molecular flexibility index (Phi) is 4.40. The van der Waals surface area contributed by atoms with Gasteiger partial charge >= 0.3 is 0 Å². The SMILES string of the molecule is C=C(C)c1ccccc1N(C)S(=O)c1ccc(C)cc1. The summed E-state index contributed by atoms with van der Waals surface area (Å²) in [6.45, 7) is 7.97. The summed E-state index contributed by atoms with van der Waals surface area (Å²) in [5.74, 6) is 0. The summed E-state index contributed by atoms with van der Waals surface area (Å²) in [5.41, 5.74) is 4.08. The molecule has 0 amide bonds. The first-order valence-corrected chi connectivity index (χ1v) is 7.58. The average molecular weight is 285 g/mol. The Bertz CT molecular complexity index is 646. The zero-order chi connectivity index (χ0) is 14.7. The second-order valence-corrected chi connectivity index (χ2v) is 6.37. The largest absolute Gasteiger partial charge is 0.290 e. The molecule has 0 bridgehead atoms. The maximum absolute atomic E-state index is 12.6. The van der Waals surface area contributed by atoms with Crippen molar-refractivity contribution in [2.45, 2.75) is 18.7 Å². The van der Waals surface area contributed by atoms with Crippen LogP contribution in [0.2, 0.25) is 0 Å². The minimum Gasteiger partial charge on any atom is -0.290 e. The Labute approximate surface area is 123 Å². The Balaban J connectivity index is 2.36. The number of anilines is 1. The first kappa shape index (κ1) is 14.5. The molecule has 0 N–H and O–H groups in total. The highest BCUT2D eigenvalue weighted by atomic mass is 32.2. The zero-order valence-electron chi connectivity index (χ0n) is 12.1. The summed E-state index contributed by atoms with van der Waals surface area (Å²) in [4.78, 5) is 0.801. The standard InChI is InChI=1S/C17H19NOS/c1-13(2)16-7-5-6-8-17(16)18(4)20(19)15-11-9-14(3)10-12-15/h5-12H,1H2,2-4H3. The molecule has 2 nitrogen and oxygen atoms in total. The molecule has 104 valence electrons. The maximum atomic E-state index is 12.6. The smallest absolute Gasteiger partial charge is 0.152 e. The van der Waals surface area contributed by atoms with E-state index in [0.717, 1.165) is 27.3 Å². The lowest BCUT2D eigenvalue weighted by Gasteiger charge is -2.21. The van der Waals surface area contributed by atoms with Crippen molar-refractivity contribution >= 4 is 22.2 Å². The summed E-state index contributed by atoms with van der Waals surface area (Å²) in [6, 6.07) is 15.7. The van der Waals surface area contributed by atoms with Crippen molar-refractivity contribution in [3.8, 4) is 0 Å². The molecule has 2 aromatic carbocycles. The molecule has 3 heteroatoms. The van der Waals surface area contributed by atoms with Crippen molar-refractivity contribution < 1.29 is 4.21 Å². The molecule has 0 aliphatic carbocycles. The van der Waals surface area contributed by atoms with Gasteiger partial charge in [0.15, 0.2) is 11.0 Å². The van der Waals surface area contributed by atoms with Crippen LogP contribution in [0, 0.1) is 6.92 Å². The summed E-state index contributed by atoms with van der Waals surface area (Å²) < 4.78 is 14.4. The number of rotatable bonds is 4. The summed E-state index contributed by atoms with van der Waals surface area (Å²) in [5, 5.41) is 0. The second-order valence-electron chi connectivity index (χ2n) is 4.86. The molecule has 0 radical (unpaired) electrons. The average Bonchev–Trinajstić information content (AvgIpc) is 2.46. The fraction of sp³-hybridized carbons (Fsp3) is 0.176. The third-order valence-corrected chi connectivity index (χ3v) is 4.54. The lowest BCUT2D eigenvalue weighted by atomic mass is 10.1. The van der Waals surface area contributed by atoms with Crippen molar-refractivity contribution in [2.24, 2.45) is 0 Å². The van der Waals surface area contributed by atoms with E-state index >= 15 is 0 Å². The fourth-order valence-corrected chi connectivity index (χ4v) is 3.03. The van der Waals surface area contributed by atoms with Gasteiger partial charge in [-0.15, -0.1) is 0 Å². The number of allylic oxidation sites excluding steroid dienone is 1. The van der Waals surface area contributed by atoms with Gasteiger partial charge in [0.2, 0.25) is 0 Å². The predicted octanol–water partition coefficient (Wildman–Crippen LogP) is 4.19. The highest BCUT2D eigenvalue weighted by Crippen LogP contribution is 2.27. The van der Waals surface area contributed by atoms with E-state index in [9.17, 15) is 4.21 Å². The Hall–Kier alpha value is -1.87. The number of hydrogen-bond donors (Lipinski definition) is 0. The second kappa shape index (κ2) is 6.06. The monoisotopic (exact) mass is 285 g/mol. The van der Waals surface area contributed by atoms with Gasteiger partial charge < -0.3 is 0 Å². The van der Waals surface area contributed by atoms with Crippen LogP contribution in [0.4, 0.5) is 5.69 Å². The van der Waals surface area contributed by atoms with Crippen LogP contribution in [0.5, 0.6) is 0 Å². The van der Waals surface area contributed by atoms with Gasteiger partial charge in [-0.3, -0.25) is 4.31 Å². The Morgan fingerprint density at radius 3 is 2.30 bits per heavy atom. The molecular formula is C17H19NOS. The minimum atomic E-state index is -1.22. The topological polar surface area (TPSA) is 20.3 Å². The lowest BCUT2D eigenvalue weighted by molar-refractivity contribution is 0.682. The van der Waals surface area contributed by atoms with E-state index in [1.165, 1.54) is 0 Å². The van der Waals surface area contributed by atoms with Crippen LogP contribution in [0.1, 0.15) is 18.1 Å². The molecule has 1 unspecified atom stereocenters. The van der Waals surface area contributed by atoms with Gasteiger partial charge in [-0.2, -0.15) is 0 Å². The van der Waals surface area contributed by atoms with E-state index in [4.69, 9.17) is 0 Å².